The van der Waals surface area contributed by atoms with Crippen LogP contribution in [0.3, 0.4) is 0 Å². The molecule has 62 valence electrons. The van der Waals surface area contributed by atoms with E-state index < -0.39 is 12.1 Å². The summed E-state index contributed by atoms with van der Waals surface area (Å²) in [7, 11) is 0. The van der Waals surface area contributed by atoms with Crippen molar-refractivity contribution in [2.45, 2.75) is 19.1 Å². The van der Waals surface area contributed by atoms with Gasteiger partial charge in [-0.1, -0.05) is 0 Å². The van der Waals surface area contributed by atoms with Gasteiger partial charge in [0.25, 0.3) is 0 Å². The summed E-state index contributed by atoms with van der Waals surface area (Å²) >= 11 is 0. The summed E-state index contributed by atoms with van der Waals surface area (Å²) in [5.74, 6) is -0.208. The van der Waals surface area contributed by atoms with Gasteiger partial charge in [-0.15, -0.1) is 0 Å². The monoisotopic (exact) mass is 159 g/mol. The fourth-order valence-corrected chi connectivity index (χ4v) is 0.992. The summed E-state index contributed by atoms with van der Waals surface area (Å²) in [5.41, 5.74) is 0. The average Bonchev–Trinajstić information content (AvgIpc) is 2.18. The van der Waals surface area contributed by atoms with Gasteiger partial charge < -0.3 is 15.2 Å². The molecule has 2 N–H and O–H groups in total. The number of ether oxygens (including phenoxy) is 1. The Kier molecular flexibility index (Phi) is 2.09. The van der Waals surface area contributed by atoms with Crippen molar-refractivity contribution >= 4 is 11.9 Å². The van der Waals surface area contributed by atoms with E-state index in [1.54, 1.807) is 6.92 Å². The fourth-order valence-electron chi connectivity index (χ4n) is 0.992. The maximum atomic E-state index is 10.9. The molecule has 1 aliphatic heterocycles. The molecule has 0 aromatic heterocycles. The quantitative estimate of drug-likeness (QED) is 0.546. The number of ketones is 1. The van der Waals surface area contributed by atoms with Crippen LogP contribution in [-0.4, -0.2) is 35.7 Å². The number of nitrogens with one attached hydrogen (secondary N) is 1. The number of hydrogen-bond acceptors (Lipinski definition) is 3. The molecule has 0 spiro atoms. The molecule has 1 heterocycles. The molecule has 0 aliphatic carbocycles. The highest BCUT2D eigenvalue weighted by Gasteiger charge is 2.33. The Balaban J connectivity index is 2.54. The second kappa shape index (κ2) is 2.87. The molecule has 1 aliphatic rings. The van der Waals surface area contributed by atoms with Crippen LogP contribution in [0.4, 0.5) is 4.79 Å². The van der Waals surface area contributed by atoms with Crippen LogP contribution in [0, 0.1) is 0 Å². The van der Waals surface area contributed by atoms with Gasteiger partial charge in [0.05, 0.1) is 6.10 Å². The van der Waals surface area contributed by atoms with Gasteiger partial charge in [-0.25, -0.2) is 4.79 Å². The van der Waals surface area contributed by atoms with E-state index in [-0.39, 0.29) is 18.5 Å². The third kappa shape index (κ3) is 1.68. The smallest absolute Gasteiger partial charge is 0.405 e. The summed E-state index contributed by atoms with van der Waals surface area (Å²) in [6.45, 7) is 1.66. The third-order valence-electron chi connectivity index (χ3n) is 1.58. The molecular formula is C6H9NO4. The molecule has 11 heavy (non-hydrogen) atoms. The summed E-state index contributed by atoms with van der Waals surface area (Å²) in [4.78, 5) is 21.0. The van der Waals surface area contributed by atoms with Gasteiger partial charge in [-0.3, -0.25) is 4.79 Å². The maximum absolute atomic E-state index is 10.9. The van der Waals surface area contributed by atoms with Gasteiger partial charge in [0.15, 0.2) is 5.78 Å². The molecule has 5 nitrogen and oxygen atoms in total. The molecule has 0 aromatic carbocycles. The van der Waals surface area contributed by atoms with E-state index in [2.05, 4.69) is 5.32 Å². The SMILES string of the molecule is C[C@@H]1OCC(=O)[C@H]1NC(=O)O. The molecule has 0 aromatic rings. The second-order valence-electron chi connectivity index (χ2n) is 2.41. The Bertz CT molecular complexity index is 191. The van der Waals surface area contributed by atoms with Crippen molar-refractivity contribution in [3.05, 3.63) is 0 Å². The fraction of sp³-hybridized carbons (Fsp3) is 0.667. The zero-order valence-corrected chi connectivity index (χ0v) is 6.03. The molecular weight excluding hydrogens is 150 g/mol. The minimum Gasteiger partial charge on any atom is -0.465 e. The predicted octanol–water partition coefficient (Wildman–Crippen LogP) is -0.390. The molecule has 5 heteroatoms. The van der Waals surface area contributed by atoms with Crippen molar-refractivity contribution in [2.24, 2.45) is 0 Å². The molecule has 0 radical (unpaired) electrons. The van der Waals surface area contributed by atoms with Crippen LogP contribution in [0.5, 0.6) is 0 Å². The highest BCUT2D eigenvalue weighted by Crippen LogP contribution is 2.08. The van der Waals surface area contributed by atoms with E-state index in [1.807, 2.05) is 0 Å². The zero-order chi connectivity index (χ0) is 8.43. The van der Waals surface area contributed by atoms with E-state index in [4.69, 9.17) is 9.84 Å². The van der Waals surface area contributed by atoms with Crippen LogP contribution in [0.1, 0.15) is 6.92 Å². The Morgan fingerprint density at radius 3 is 2.82 bits per heavy atom. The molecule has 1 saturated heterocycles. The molecule has 0 unspecified atom stereocenters. The second-order valence-corrected chi connectivity index (χ2v) is 2.41. The van der Waals surface area contributed by atoms with E-state index in [9.17, 15) is 9.59 Å². The van der Waals surface area contributed by atoms with Crippen molar-refractivity contribution in [2.75, 3.05) is 6.61 Å². The molecule has 0 saturated carbocycles. The van der Waals surface area contributed by atoms with Gasteiger partial charge in [-0.05, 0) is 6.92 Å². The van der Waals surface area contributed by atoms with Crippen LogP contribution in [0.2, 0.25) is 0 Å². The van der Waals surface area contributed by atoms with Crippen LogP contribution in [-0.2, 0) is 9.53 Å². The van der Waals surface area contributed by atoms with Crippen molar-refractivity contribution in [1.29, 1.82) is 0 Å². The lowest BCUT2D eigenvalue weighted by Gasteiger charge is -2.10. The first-order valence-electron chi connectivity index (χ1n) is 3.25. The van der Waals surface area contributed by atoms with Crippen molar-refractivity contribution in [3.63, 3.8) is 0 Å². The van der Waals surface area contributed by atoms with Gasteiger partial charge in [-0.2, -0.15) is 0 Å². The molecule has 1 fully saturated rings. The van der Waals surface area contributed by atoms with Gasteiger partial charge in [0.1, 0.15) is 12.6 Å². The highest BCUT2D eigenvalue weighted by atomic mass is 16.5. The average molecular weight is 159 g/mol. The first-order chi connectivity index (χ1) is 5.11. The summed E-state index contributed by atoms with van der Waals surface area (Å²) in [6, 6.07) is -0.688. The Labute approximate surface area is 63.3 Å². The van der Waals surface area contributed by atoms with Gasteiger partial charge in [0.2, 0.25) is 0 Å². The first-order valence-corrected chi connectivity index (χ1v) is 3.25. The summed E-state index contributed by atoms with van der Waals surface area (Å²) in [6.07, 6.45) is -1.54. The zero-order valence-electron chi connectivity index (χ0n) is 6.03. The Morgan fingerprint density at radius 2 is 2.45 bits per heavy atom. The van der Waals surface area contributed by atoms with Crippen molar-refractivity contribution in [1.82, 2.24) is 5.32 Å². The first kappa shape index (κ1) is 8.00. The lowest BCUT2D eigenvalue weighted by molar-refractivity contribution is -0.119. The van der Waals surface area contributed by atoms with E-state index in [0.29, 0.717) is 0 Å². The maximum Gasteiger partial charge on any atom is 0.405 e. The Morgan fingerprint density at radius 1 is 1.82 bits per heavy atom. The van der Waals surface area contributed by atoms with Crippen molar-refractivity contribution < 1.29 is 19.4 Å². The van der Waals surface area contributed by atoms with Gasteiger partial charge >= 0.3 is 6.09 Å². The number of rotatable bonds is 1. The standard InChI is InChI=1S/C6H9NO4/c1-3-5(7-6(9)10)4(8)2-11-3/h3,5,7H,2H2,1H3,(H,9,10)/t3-,5-/m0/s1. The van der Waals surface area contributed by atoms with Crippen LogP contribution in [0.25, 0.3) is 0 Å². The number of amides is 1. The summed E-state index contributed by atoms with van der Waals surface area (Å²) in [5, 5.41) is 10.4. The number of carboxylic acid groups (broad SMARTS) is 1. The minimum atomic E-state index is -1.19. The van der Waals surface area contributed by atoms with Crippen LogP contribution >= 0.6 is 0 Å². The molecule has 0 bridgehead atoms. The lowest BCUT2D eigenvalue weighted by Crippen LogP contribution is -2.42. The number of Topliss-reactive ketones (excluding diaryl/α,β-unsaturated/α-hetero) is 1. The summed E-state index contributed by atoms with van der Waals surface area (Å²) < 4.78 is 4.90. The molecule has 1 amide bonds. The lowest BCUT2D eigenvalue weighted by atomic mass is 10.1. The normalized spacial score (nSPS) is 30.5. The number of hydrogen-bond donors (Lipinski definition) is 2. The predicted molar refractivity (Wildman–Crippen MR) is 35.4 cm³/mol. The largest absolute Gasteiger partial charge is 0.465 e. The molecule has 1 rings (SSSR count). The highest BCUT2D eigenvalue weighted by molar-refractivity contribution is 5.90. The Hall–Kier alpha value is -1.10. The number of carbonyl (C=O) groups excluding carboxylic acids is 1. The van der Waals surface area contributed by atoms with E-state index in [0.717, 1.165) is 0 Å². The third-order valence-corrected chi connectivity index (χ3v) is 1.58. The minimum absolute atomic E-state index is 0.00606. The van der Waals surface area contributed by atoms with Crippen LogP contribution in [0.15, 0.2) is 0 Å². The van der Waals surface area contributed by atoms with E-state index in [1.165, 1.54) is 0 Å². The van der Waals surface area contributed by atoms with Gasteiger partial charge in [0, 0.05) is 0 Å². The molecule has 2 atom stereocenters. The number of carbonyl (C=O) groups is 2. The van der Waals surface area contributed by atoms with E-state index >= 15 is 0 Å². The van der Waals surface area contributed by atoms with Crippen molar-refractivity contribution in [3.8, 4) is 0 Å². The van der Waals surface area contributed by atoms with Crippen LogP contribution < -0.4 is 5.32 Å². The topological polar surface area (TPSA) is 75.6 Å².